The summed E-state index contributed by atoms with van der Waals surface area (Å²) >= 11 is 0. The van der Waals surface area contributed by atoms with E-state index in [-0.39, 0.29) is 13.2 Å². The van der Waals surface area contributed by atoms with Gasteiger partial charge in [0.05, 0.1) is 0 Å². The average Bonchev–Trinajstić information content (AvgIpc) is 2.62. The molecule has 1 aromatic carbocycles. The highest BCUT2D eigenvalue weighted by molar-refractivity contribution is 5.74. The molecule has 1 amide bonds. The van der Waals surface area contributed by atoms with Crippen LogP contribution in [0.4, 0.5) is 0 Å². The maximum Gasteiger partial charge on any atom is 0.231 e. The van der Waals surface area contributed by atoms with Crippen LogP contribution in [0.25, 0.3) is 0 Å². The van der Waals surface area contributed by atoms with E-state index >= 15 is 0 Å². The van der Waals surface area contributed by atoms with Gasteiger partial charge in [-0.05, 0) is 17.7 Å². The zero-order valence-corrected chi connectivity index (χ0v) is 8.10. The normalized spacial score (nSPS) is 15.0. The molecule has 0 fully saturated rings. The Morgan fingerprint density at radius 2 is 2.13 bits per heavy atom. The van der Waals surface area contributed by atoms with Crippen LogP contribution >= 0.6 is 0 Å². The molecule has 0 saturated carbocycles. The highest BCUT2D eigenvalue weighted by Gasteiger charge is 2.16. The van der Waals surface area contributed by atoms with Crippen LogP contribution in [0.15, 0.2) is 18.2 Å². The van der Waals surface area contributed by atoms with Crippen molar-refractivity contribution in [2.75, 3.05) is 6.79 Å². The lowest BCUT2D eigenvalue weighted by Gasteiger charge is -2.10. The van der Waals surface area contributed by atoms with Gasteiger partial charge in [-0.1, -0.05) is 6.07 Å². The SMILES string of the molecule is NC(=O)C[C@H](N)c1ccc2c(c1)OCO2. The Morgan fingerprint density at radius 1 is 1.40 bits per heavy atom. The van der Waals surface area contributed by atoms with Gasteiger partial charge in [-0.2, -0.15) is 0 Å². The molecular weight excluding hydrogens is 196 g/mol. The zero-order chi connectivity index (χ0) is 10.8. The topological polar surface area (TPSA) is 87.6 Å². The molecule has 80 valence electrons. The minimum Gasteiger partial charge on any atom is -0.454 e. The van der Waals surface area contributed by atoms with Gasteiger partial charge in [0, 0.05) is 12.5 Å². The maximum atomic E-state index is 10.7. The van der Waals surface area contributed by atoms with Crippen LogP contribution in [0.1, 0.15) is 18.0 Å². The Morgan fingerprint density at radius 3 is 2.87 bits per heavy atom. The summed E-state index contributed by atoms with van der Waals surface area (Å²) in [7, 11) is 0. The molecule has 0 bridgehead atoms. The van der Waals surface area contributed by atoms with E-state index < -0.39 is 11.9 Å². The first kappa shape index (κ1) is 9.79. The van der Waals surface area contributed by atoms with Crippen LogP contribution < -0.4 is 20.9 Å². The van der Waals surface area contributed by atoms with Crippen molar-refractivity contribution >= 4 is 5.91 Å². The van der Waals surface area contributed by atoms with Crippen molar-refractivity contribution in [3.63, 3.8) is 0 Å². The Kier molecular flexibility index (Phi) is 2.47. The largest absolute Gasteiger partial charge is 0.454 e. The van der Waals surface area contributed by atoms with Crippen LogP contribution in [0.3, 0.4) is 0 Å². The summed E-state index contributed by atoms with van der Waals surface area (Å²) in [4.78, 5) is 10.7. The molecule has 0 saturated heterocycles. The number of hydrogen-bond acceptors (Lipinski definition) is 4. The number of ether oxygens (including phenoxy) is 2. The second-order valence-corrected chi connectivity index (χ2v) is 3.39. The lowest BCUT2D eigenvalue weighted by atomic mass is 10.0. The third kappa shape index (κ3) is 2.02. The molecule has 1 aliphatic heterocycles. The van der Waals surface area contributed by atoms with E-state index in [4.69, 9.17) is 20.9 Å². The Bertz CT molecular complexity index is 392. The van der Waals surface area contributed by atoms with Crippen molar-refractivity contribution in [2.45, 2.75) is 12.5 Å². The van der Waals surface area contributed by atoms with Gasteiger partial charge in [0.1, 0.15) is 0 Å². The quantitative estimate of drug-likeness (QED) is 0.747. The van der Waals surface area contributed by atoms with E-state index in [0.29, 0.717) is 11.5 Å². The standard InChI is InChI=1S/C10H12N2O3/c11-7(4-10(12)13)6-1-2-8-9(3-6)15-5-14-8/h1-3,7H,4-5,11H2,(H2,12,13)/t7-/m0/s1. The molecule has 0 unspecified atom stereocenters. The van der Waals surface area contributed by atoms with Crippen molar-refractivity contribution < 1.29 is 14.3 Å². The van der Waals surface area contributed by atoms with E-state index in [1.165, 1.54) is 0 Å². The summed E-state index contributed by atoms with van der Waals surface area (Å²) in [5.41, 5.74) is 11.7. The lowest BCUT2D eigenvalue weighted by molar-refractivity contribution is -0.118. The molecule has 15 heavy (non-hydrogen) atoms. The monoisotopic (exact) mass is 208 g/mol. The molecule has 0 spiro atoms. The zero-order valence-electron chi connectivity index (χ0n) is 8.10. The van der Waals surface area contributed by atoms with Gasteiger partial charge in [0.2, 0.25) is 12.7 Å². The number of rotatable bonds is 3. The number of nitrogens with two attached hydrogens (primary N) is 2. The van der Waals surface area contributed by atoms with Crippen molar-refractivity contribution in [3.8, 4) is 11.5 Å². The van der Waals surface area contributed by atoms with Gasteiger partial charge < -0.3 is 20.9 Å². The third-order valence-electron chi connectivity index (χ3n) is 2.25. The fraction of sp³-hybridized carbons (Fsp3) is 0.300. The number of carbonyl (C=O) groups excluding carboxylic acids is 1. The van der Waals surface area contributed by atoms with Gasteiger partial charge in [0.15, 0.2) is 11.5 Å². The molecule has 0 radical (unpaired) electrons. The molecule has 0 aliphatic carbocycles. The fourth-order valence-corrected chi connectivity index (χ4v) is 1.48. The molecule has 5 nitrogen and oxygen atoms in total. The van der Waals surface area contributed by atoms with Crippen molar-refractivity contribution in [2.24, 2.45) is 11.5 Å². The molecule has 2 rings (SSSR count). The molecular formula is C10H12N2O3. The minimum atomic E-state index is -0.417. The van der Waals surface area contributed by atoms with Crippen LogP contribution in [-0.4, -0.2) is 12.7 Å². The predicted molar refractivity (Wildman–Crippen MR) is 53.3 cm³/mol. The van der Waals surface area contributed by atoms with E-state index in [1.54, 1.807) is 18.2 Å². The van der Waals surface area contributed by atoms with Crippen molar-refractivity contribution in [1.29, 1.82) is 0 Å². The van der Waals surface area contributed by atoms with Gasteiger partial charge in [-0.15, -0.1) is 0 Å². The summed E-state index contributed by atoms with van der Waals surface area (Å²) < 4.78 is 10.4. The van der Waals surface area contributed by atoms with Gasteiger partial charge in [0.25, 0.3) is 0 Å². The van der Waals surface area contributed by atoms with Gasteiger partial charge in [-0.3, -0.25) is 4.79 Å². The average molecular weight is 208 g/mol. The smallest absolute Gasteiger partial charge is 0.231 e. The van der Waals surface area contributed by atoms with E-state index in [0.717, 1.165) is 5.56 Å². The third-order valence-corrected chi connectivity index (χ3v) is 2.25. The van der Waals surface area contributed by atoms with Crippen LogP contribution in [-0.2, 0) is 4.79 Å². The first-order valence-electron chi connectivity index (χ1n) is 4.60. The Balaban J connectivity index is 2.19. The molecule has 1 atom stereocenters. The summed E-state index contributed by atoms with van der Waals surface area (Å²) in [6, 6.07) is 4.97. The number of benzene rings is 1. The highest BCUT2D eigenvalue weighted by atomic mass is 16.7. The summed E-state index contributed by atoms with van der Waals surface area (Å²) in [5, 5.41) is 0. The summed E-state index contributed by atoms with van der Waals surface area (Å²) in [5.74, 6) is 0.942. The maximum absolute atomic E-state index is 10.7. The number of primary amides is 1. The predicted octanol–water partition coefficient (Wildman–Crippen LogP) is 0.290. The van der Waals surface area contributed by atoms with Crippen LogP contribution in [0, 0.1) is 0 Å². The van der Waals surface area contributed by atoms with Crippen LogP contribution in [0.5, 0.6) is 11.5 Å². The van der Waals surface area contributed by atoms with E-state index in [2.05, 4.69) is 0 Å². The molecule has 1 aliphatic rings. The van der Waals surface area contributed by atoms with Crippen molar-refractivity contribution in [3.05, 3.63) is 23.8 Å². The van der Waals surface area contributed by atoms with E-state index in [9.17, 15) is 4.79 Å². The van der Waals surface area contributed by atoms with Gasteiger partial charge in [-0.25, -0.2) is 0 Å². The van der Waals surface area contributed by atoms with E-state index in [1.807, 2.05) is 0 Å². The summed E-state index contributed by atoms with van der Waals surface area (Å²) in [6.45, 7) is 0.226. The minimum absolute atomic E-state index is 0.125. The number of hydrogen-bond donors (Lipinski definition) is 2. The molecule has 4 N–H and O–H groups in total. The first-order valence-corrected chi connectivity index (χ1v) is 4.60. The van der Waals surface area contributed by atoms with Crippen molar-refractivity contribution in [1.82, 2.24) is 0 Å². The lowest BCUT2D eigenvalue weighted by Crippen LogP contribution is -2.20. The molecule has 5 heteroatoms. The number of amides is 1. The number of fused-ring (bicyclic) bond motifs is 1. The highest BCUT2D eigenvalue weighted by Crippen LogP contribution is 2.34. The molecule has 1 heterocycles. The number of carbonyl (C=O) groups is 1. The second kappa shape index (κ2) is 3.78. The fourth-order valence-electron chi connectivity index (χ4n) is 1.48. The van der Waals surface area contributed by atoms with Crippen LogP contribution in [0.2, 0.25) is 0 Å². The molecule has 0 aromatic heterocycles. The molecule has 1 aromatic rings. The Labute approximate surface area is 87.0 Å². The Hall–Kier alpha value is -1.75. The second-order valence-electron chi connectivity index (χ2n) is 3.39. The first-order chi connectivity index (χ1) is 7.16. The summed E-state index contributed by atoms with van der Waals surface area (Å²) in [6.07, 6.45) is 0.125. The van der Waals surface area contributed by atoms with Gasteiger partial charge >= 0.3 is 0 Å².